The van der Waals surface area contributed by atoms with Gasteiger partial charge in [-0.2, -0.15) is 0 Å². The van der Waals surface area contributed by atoms with Crippen molar-refractivity contribution in [2.45, 2.75) is 18.9 Å². The molecule has 2 nitrogen and oxygen atoms in total. The van der Waals surface area contributed by atoms with Gasteiger partial charge in [-0.25, -0.2) is 0 Å². The lowest BCUT2D eigenvalue weighted by atomic mass is 9.94. The molecule has 0 spiro atoms. The van der Waals surface area contributed by atoms with Crippen LogP contribution < -0.4 is 5.32 Å². The first-order chi connectivity index (χ1) is 4.47. The van der Waals surface area contributed by atoms with Crippen molar-refractivity contribution >= 4 is 0 Å². The Kier molecular flexibility index (Phi) is 1.44. The first-order valence-corrected chi connectivity index (χ1v) is 3.79. The minimum Gasteiger partial charge on any atom is -0.376 e. The third kappa shape index (κ3) is 0.970. The van der Waals surface area contributed by atoms with E-state index in [-0.39, 0.29) is 0 Å². The molecule has 2 fully saturated rings. The molecule has 2 atom stereocenters. The van der Waals surface area contributed by atoms with Crippen molar-refractivity contribution in [1.29, 1.82) is 0 Å². The topological polar surface area (TPSA) is 21.3 Å². The highest BCUT2D eigenvalue weighted by atomic mass is 16.5. The van der Waals surface area contributed by atoms with E-state index in [1.807, 2.05) is 0 Å². The fourth-order valence-electron chi connectivity index (χ4n) is 1.60. The van der Waals surface area contributed by atoms with E-state index in [1.165, 1.54) is 19.4 Å². The molecule has 0 aromatic rings. The number of rotatable bonds is 0. The molecule has 2 heterocycles. The molecule has 0 aromatic carbocycles. The summed E-state index contributed by atoms with van der Waals surface area (Å²) in [5.41, 5.74) is 0. The van der Waals surface area contributed by atoms with E-state index < -0.39 is 0 Å². The van der Waals surface area contributed by atoms with Crippen LogP contribution in [0.4, 0.5) is 0 Å². The van der Waals surface area contributed by atoms with Crippen molar-refractivity contribution in [2.24, 2.45) is 5.92 Å². The quantitative estimate of drug-likeness (QED) is 0.508. The third-order valence-electron chi connectivity index (χ3n) is 2.32. The Morgan fingerprint density at radius 1 is 1.44 bits per heavy atom. The van der Waals surface area contributed by atoms with Crippen LogP contribution in [0.5, 0.6) is 0 Å². The second-order valence-electron chi connectivity index (χ2n) is 2.98. The summed E-state index contributed by atoms with van der Waals surface area (Å²) in [5, 5.41) is 3.35. The molecule has 52 valence electrons. The van der Waals surface area contributed by atoms with Gasteiger partial charge < -0.3 is 10.1 Å². The number of nitrogens with one attached hydrogen (secondary N) is 1. The average Bonchev–Trinajstić information content (AvgIpc) is 1.94. The Hall–Kier alpha value is -0.0800. The smallest absolute Gasteiger partial charge is 0.0749 e. The molecular formula is C7H13NO. The van der Waals surface area contributed by atoms with Gasteiger partial charge in [-0.1, -0.05) is 0 Å². The lowest BCUT2D eigenvalue weighted by molar-refractivity contribution is -0.109. The van der Waals surface area contributed by atoms with Crippen molar-refractivity contribution in [3.63, 3.8) is 0 Å². The lowest BCUT2D eigenvalue weighted by Gasteiger charge is -2.35. The summed E-state index contributed by atoms with van der Waals surface area (Å²) in [5.74, 6) is 0.889. The highest BCUT2D eigenvalue weighted by molar-refractivity contribution is 4.82. The van der Waals surface area contributed by atoms with Gasteiger partial charge in [0.1, 0.15) is 0 Å². The fraction of sp³-hybridized carbons (Fsp3) is 1.00. The third-order valence-corrected chi connectivity index (χ3v) is 2.32. The fourth-order valence-corrected chi connectivity index (χ4v) is 1.60. The largest absolute Gasteiger partial charge is 0.376 e. The summed E-state index contributed by atoms with van der Waals surface area (Å²) >= 11 is 0. The number of ether oxygens (including phenoxy) is 1. The van der Waals surface area contributed by atoms with E-state index in [1.54, 1.807) is 0 Å². The average molecular weight is 127 g/mol. The second kappa shape index (κ2) is 2.27. The van der Waals surface area contributed by atoms with E-state index in [9.17, 15) is 0 Å². The van der Waals surface area contributed by atoms with E-state index in [4.69, 9.17) is 4.74 Å². The minimum absolute atomic E-state index is 0.562. The van der Waals surface area contributed by atoms with Gasteiger partial charge in [-0.05, 0) is 19.4 Å². The molecule has 1 N–H and O–H groups in total. The summed E-state index contributed by atoms with van der Waals surface area (Å²) < 4.78 is 5.35. The van der Waals surface area contributed by atoms with Crippen molar-refractivity contribution in [2.75, 3.05) is 19.7 Å². The maximum absolute atomic E-state index is 5.35. The van der Waals surface area contributed by atoms with Gasteiger partial charge in [-0.15, -0.1) is 0 Å². The molecule has 0 bridgehead atoms. The highest BCUT2D eigenvalue weighted by Gasteiger charge is 2.32. The van der Waals surface area contributed by atoms with Crippen LogP contribution in [-0.2, 0) is 4.74 Å². The molecule has 0 saturated carbocycles. The Morgan fingerprint density at radius 3 is 3.22 bits per heavy atom. The van der Waals surface area contributed by atoms with Gasteiger partial charge >= 0.3 is 0 Å². The molecule has 0 amide bonds. The van der Waals surface area contributed by atoms with Gasteiger partial charge in [0.25, 0.3) is 0 Å². The molecule has 0 radical (unpaired) electrons. The van der Waals surface area contributed by atoms with E-state index in [2.05, 4.69) is 5.32 Å². The van der Waals surface area contributed by atoms with Crippen LogP contribution in [0.25, 0.3) is 0 Å². The summed E-state index contributed by atoms with van der Waals surface area (Å²) in [4.78, 5) is 0. The zero-order valence-electron chi connectivity index (χ0n) is 5.60. The van der Waals surface area contributed by atoms with E-state index in [0.29, 0.717) is 6.10 Å². The lowest BCUT2D eigenvalue weighted by Crippen LogP contribution is -2.43. The molecule has 0 aromatic heterocycles. The van der Waals surface area contributed by atoms with Gasteiger partial charge in [0.2, 0.25) is 0 Å². The molecule has 2 aliphatic rings. The standard InChI is InChI=1S/C7H13NO/c1-2-6-5-9-7(6)4-8-3-1/h6-8H,1-5H2. The van der Waals surface area contributed by atoms with Crippen molar-refractivity contribution in [3.8, 4) is 0 Å². The van der Waals surface area contributed by atoms with Crippen molar-refractivity contribution in [1.82, 2.24) is 5.32 Å². The minimum atomic E-state index is 0.562. The number of fused-ring (bicyclic) bond motifs is 1. The van der Waals surface area contributed by atoms with Crippen LogP contribution in [0.2, 0.25) is 0 Å². The normalized spacial score (nSPS) is 42.7. The van der Waals surface area contributed by atoms with Crippen LogP contribution in [-0.4, -0.2) is 25.8 Å². The van der Waals surface area contributed by atoms with Crippen LogP contribution in [0.1, 0.15) is 12.8 Å². The molecule has 2 heteroatoms. The predicted octanol–water partition coefficient (Wildman–Crippen LogP) is 0.385. The van der Waals surface area contributed by atoms with Crippen LogP contribution >= 0.6 is 0 Å². The Morgan fingerprint density at radius 2 is 2.44 bits per heavy atom. The SMILES string of the molecule is C1CNCC2OCC2C1. The second-order valence-corrected chi connectivity index (χ2v) is 2.98. The molecular weight excluding hydrogens is 114 g/mol. The Labute approximate surface area is 55.6 Å². The molecule has 2 saturated heterocycles. The molecule has 2 aliphatic heterocycles. The molecule has 2 unspecified atom stereocenters. The molecule has 9 heavy (non-hydrogen) atoms. The summed E-state index contributed by atoms with van der Waals surface area (Å²) in [6.07, 6.45) is 3.27. The maximum Gasteiger partial charge on any atom is 0.0749 e. The maximum atomic E-state index is 5.35. The zero-order chi connectivity index (χ0) is 6.10. The van der Waals surface area contributed by atoms with Crippen molar-refractivity contribution in [3.05, 3.63) is 0 Å². The van der Waals surface area contributed by atoms with Gasteiger partial charge in [0.15, 0.2) is 0 Å². The number of hydrogen-bond donors (Lipinski definition) is 1. The van der Waals surface area contributed by atoms with Gasteiger partial charge in [0.05, 0.1) is 12.7 Å². The first kappa shape index (κ1) is 5.69. The van der Waals surface area contributed by atoms with Crippen molar-refractivity contribution < 1.29 is 4.74 Å². The van der Waals surface area contributed by atoms with Crippen LogP contribution in [0, 0.1) is 5.92 Å². The number of hydrogen-bond acceptors (Lipinski definition) is 2. The Bertz CT molecular complexity index is 93.1. The van der Waals surface area contributed by atoms with Crippen LogP contribution in [0.3, 0.4) is 0 Å². The Balaban J connectivity index is 1.90. The van der Waals surface area contributed by atoms with Gasteiger partial charge in [-0.3, -0.25) is 0 Å². The van der Waals surface area contributed by atoms with E-state index in [0.717, 1.165) is 19.1 Å². The predicted molar refractivity (Wildman–Crippen MR) is 35.3 cm³/mol. The first-order valence-electron chi connectivity index (χ1n) is 3.79. The van der Waals surface area contributed by atoms with Crippen LogP contribution in [0.15, 0.2) is 0 Å². The summed E-state index contributed by atoms with van der Waals surface area (Å²) in [6, 6.07) is 0. The van der Waals surface area contributed by atoms with Gasteiger partial charge in [0, 0.05) is 12.5 Å². The molecule has 2 rings (SSSR count). The van der Waals surface area contributed by atoms with E-state index >= 15 is 0 Å². The summed E-state index contributed by atoms with van der Waals surface area (Å²) in [6.45, 7) is 3.30. The monoisotopic (exact) mass is 127 g/mol. The zero-order valence-corrected chi connectivity index (χ0v) is 5.60. The summed E-state index contributed by atoms with van der Waals surface area (Å²) in [7, 11) is 0. The molecule has 0 aliphatic carbocycles. The highest BCUT2D eigenvalue weighted by Crippen LogP contribution is 2.25.